The maximum atomic E-state index is 11.9. The van der Waals surface area contributed by atoms with Crippen molar-refractivity contribution in [2.45, 2.75) is 18.1 Å². The van der Waals surface area contributed by atoms with Crippen LogP contribution in [0.5, 0.6) is 0 Å². The van der Waals surface area contributed by atoms with E-state index in [4.69, 9.17) is 4.18 Å². The summed E-state index contributed by atoms with van der Waals surface area (Å²) in [5, 5.41) is 9.77. The molecule has 0 aliphatic carbocycles. The molecule has 0 aromatic heterocycles. The molecule has 0 aliphatic rings. The minimum Gasteiger partial charge on any atom is -0.363 e. The number of aliphatic hydroxyl groups is 1. The van der Waals surface area contributed by atoms with Crippen molar-refractivity contribution in [3.8, 4) is 0 Å². The van der Waals surface area contributed by atoms with Crippen LogP contribution in [0.25, 0.3) is 0 Å². The fraction of sp³-hybridized carbons (Fsp3) is 0.143. The van der Waals surface area contributed by atoms with Gasteiger partial charge in [0.25, 0.3) is 10.1 Å². The van der Waals surface area contributed by atoms with Gasteiger partial charge in [-0.15, -0.1) is 0 Å². The maximum Gasteiger partial charge on any atom is 0.299 e. The third-order valence-corrected chi connectivity index (χ3v) is 3.90. The largest absolute Gasteiger partial charge is 0.363 e. The summed E-state index contributed by atoms with van der Waals surface area (Å²) < 4.78 is 28.7. The van der Waals surface area contributed by atoms with E-state index in [-0.39, 0.29) is 4.90 Å². The summed E-state index contributed by atoms with van der Waals surface area (Å²) in [5.41, 5.74) is 1.33. The highest BCUT2D eigenvalue weighted by molar-refractivity contribution is 7.86. The first kappa shape index (κ1) is 13.7. The van der Waals surface area contributed by atoms with Gasteiger partial charge in [0, 0.05) is 5.56 Å². The second kappa shape index (κ2) is 5.52. The van der Waals surface area contributed by atoms with Gasteiger partial charge in [-0.25, -0.2) is 4.18 Å². The quantitative estimate of drug-likeness (QED) is 0.689. The summed E-state index contributed by atoms with van der Waals surface area (Å²) in [7, 11) is -3.97. The molecule has 1 N–H and O–H groups in total. The molecule has 4 nitrogen and oxygen atoms in total. The summed E-state index contributed by atoms with van der Waals surface area (Å²) >= 11 is 0. The Morgan fingerprint density at radius 1 is 1.00 bits per heavy atom. The monoisotopic (exact) mass is 278 g/mol. The maximum absolute atomic E-state index is 11.9. The minimum absolute atomic E-state index is 0.0214. The van der Waals surface area contributed by atoms with Crippen molar-refractivity contribution < 1.29 is 17.7 Å². The van der Waals surface area contributed by atoms with E-state index in [0.717, 1.165) is 5.56 Å². The molecule has 19 heavy (non-hydrogen) atoms. The van der Waals surface area contributed by atoms with Crippen LogP contribution < -0.4 is 0 Å². The summed E-state index contributed by atoms with van der Waals surface area (Å²) in [5.74, 6) is 0. The summed E-state index contributed by atoms with van der Waals surface area (Å²) in [6.07, 6.45) is -1.51. The summed E-state index contributed by atoms with van der Waals surface area (Å²) in [6.45, 7) is 1.86. The van der Waals surface area contributed by atoms with Crippen molar-refractivity contribution in [2.24, 2.45) is 0 Å². The predicted octanol–water partition coefficient (Wildman–Crippen LogP) is 2.39. The first-order chi connectivity index (χ1) is 8.99. The molecule has 0 aliphatic heterocycles. The van der Waals surface area contributed by atoms with Crippen LogP contribution in [0.3, 0.4) is 0 Å². The van der Waals surface area contributed by atoms with Crippen LogP contribution in [0.2, 0.25) is 0 Å². The molecule has 0 saturated heterocycles. The van der Waals surface area contributed by atoms with Gasteiger partial charge in [-0.05, 0) is 19.1 Å². The molecule has 0 heterocycles. The van der Waals surface area contributed by atoms with Gasteiger partial charge in [-0.3, -0.25) is 0 Å². The van der Waals surface area contributed by atoms with Crippen LogP contribution in [0.4, 0.5) is 0 Å². The lowest BCUT2D eigenvalue weighted by Crippen LogP contribution is -2.11. The number of hydrogen-bond acceptors (Lipinski definition) is 4. The third kappa shape index (κ3) is 3.41. The highest BCUT2D eigenvalue weighted by Crippen LogP contribution is 2.21. The van der Waals surface area contributed by atoms with E-state index in [1.165, 1.54) is 12.1 Å². The van der Waals surface area contributed by atoms with E-state index in [2.05, 4.69) is 0 Å². The topological polar surface area (TPSA) is 63.6 Å². The van der Waals surface area contributed by atoms with Crippen LogP contribution in [0, 0.1) is 6.92 Å². The van der Waals surface area contributed by atoms with E-state index in [1.807, 2.05) is 6.92 Å². The Morgan fingerprint density at radius 3 is 2.16 bits per heavy atom. The molecule has 0 amide bonds. The van der Waals surface area contributed by atoms with Gasteiger partial charge in [-0.2, -0.15) is 8.42 Å². The van der Waals surface area contributed by atoms with Gasteiger partial charge in [0.1, 0.15) is 0 Å². The first-order valence-electron chi connectivity index (χ1n) is 5.72. The van der Waals surface area contributed by atoms with Crippen LogP contribution in [0.15, 0.2) is 59.5 Å². The lowest BCUT2D eigenvalue weighted by atomic mass is 10.2. The van der Waals surface area contributed by atoms with Gasteiger partial charge >= 0.3 is 0 Å². The van der Waals surface area contributed by atoms with Crippen molar-refractivity contribution in [1.82, 2.24) is 0 Å². The Morgan fingerprint density at radius 2 is 1.58 bits per heavy atom. The SMILES string of the molecule is Cc1ccc(S(=O)(=O)OC(O)c2ccccc2)cc1. The zero-order valence-electron chi connectivity index (χ0n) is 10.4. The van der Waals surface area contributed by atoms with Crippen molar-refractivity contribution in [3.05, 3.63) is 65.7 Å². The molecular weight excluding hydrogens is 264 g/mol. The summed E-state index contributed by atoms with van der Waals surface area (Å²) in [4.78, 5) is 0.0214. The predicted molar refractivity (Wildman–Crippen MR) is 70.9 cm³/mol. The molecule has 2 rings (SSSR count). The molecule has 2 aromatic carbocycles. The number of aliphatic hydroxyl groups excluding tert-OH is 1. The average Bonchev–Trinajstić information content (AvgIpc) is 2.40. The van der Waals surface area contributed by atoms with Gasteiger partial charge in [0.05, 0.1) is 4.90 Å². The molecule has 5 heteroatoms. The van der Waals surface area contributed by atoms with E-state index >= 15 is 0 Å². The Hall–Kier alpha value is -1.69. The van der Waals surface area contributed by atoms with Gasteiger partial charge in [-0.1, -0.05) is 48.0 Å². The van der Waals surface area contributed by atoms with Crippen molar-refractivity contribution in [2.75, 3.05) is 0 Å². The molecule has 2 aromatic rings. The second-order valence-electron chi connectivity index (χ2n) is 4.13. The molecule has 0 bridgehead atoms. The molecule has 1 atom stereocenters. The first-order valence-corrected chi connectivity index (χ1v) is 7.13. The van der Waals surface area contributed by atoms with Crippen LogP contribution in [-0.4, -0.2) is 13.5 Å². The lowest BCUT2D eigenvalue weighted by Gasteiger charge is -2.12. The van der Waals surface area contributed by atoms with E-state index in [0.29, 0.717) is 5.56 Å². The highest BCUT2D eigenvalue weighted by Gasteiger charge is 2.21. The second-order valence-corrected chi connectivity index (χ2v) is 5.70. The number of aryl methyl sites for hydroxylation is 1. The normalized spacial score (nSPS) is 13.2. The van der Waals surface area contributed by atoms with Crippen LogP contribution >= 0.6 is 0 Å². The summed E-state index contributed by atoms with van der Waals surface area (Å²) in [6, 6.07) is 14.6. The standard InChI is InChI=1S/C14H14O4S/c1-11-7-9-13(10-8-11)19(16,17)18-14(15)12-5-3-2-4-6-12/h2-10,14-15H,1H3. The number of rotatable bonds is 4. The molecule has 0 spiro atoms. The van der Waals surface area contributed by atoms with Crippen LogP contribution in [0.1, 0.15) is 17.4 Å². The fourth-order valence-electron chi connectivity index (χ4n) is 1.55. The highest BCUT2D eigenvalue weighted by atomic mass is 32.2. The number of benzene rings is 2. The lowest BCUT2D eigenvalue weighted by molar-refractivity contribution is -0.0138. The molecule has 100 valence electrons. The minimum atomic E-state index is -3.97. The van der Waals surface area contributed by atoms with Crippen molar-refractivity contribution in [1.29, 1.82) is 0 Å². The van der Waals surface area contributed by atoms with E-state index in [9.17, 15) is 13.5 Å². The van der Waals surface area contributed by atoms with Crippen LogP contribution in [-0.2, 0) is 14.3 Å². The number of hydrogen-bond donors (Lipinski definition) is 1. The van der Waals surface area contributed by atoms with Gasteiger partial charge in [0.15, 0.2) is 6.29 Å². The Kier molecular flexibility index (Phi) is 3.99. The van der Waals surface area contributed by atoms with Crippen molar-refractivity contribution in [3.63, 3.8) is 0 Å². The molecule has 0 saturated carbocycles. The fourth-order valence-corrected chi connectivity index (χ4v) is 2.49. The smallest absolute Gasteiger partial charge is 0.299 e. The Bertz CT molecular complexity index is 633. The van der Waals surface area contributed by atoms with Gasteiger partial charge < -0.3 is 5.11 Å². The third-order valence-electron chi connectivity index (χ3n) is 2.61. The van der Waals surface area contributed by atoms with E-state index in [1.54, 1.807) is 42.5 Å². The Balaban J connectivity index is 2.20. The van der Waals surface area contributed by atoms with Crippen molar-refractivity contribution >= 4 is 10.1 Å². The molecule has 0 radical (unpaired) electrons. The molecule has 0 fully saturated rings. The molecule has 1 unspecified atom stereocenters. The van der Waals surface area contributed by atoms with E-state index < -0.39 is 16.4 Å². The van der Waals surface area contributed by atoms with Gasteiger partial charge in [0.2, 0.25) is 0 Å². The molecular formula is C14H14O4S. The zero-order valence-corrected chi connectivity index (χ0v) is 11.2. The Labute approximate surface area is 112 Å². The average molecular weight is 278 g/mol. The zero-order chi connectivity index (χ0) is 13.9.